The van der Waals surface area contributed by atoms with Crippen LogP contribution >= 0.6 is 0 Å². The van der Waals surface area contributed by atoms with Crippen LogP contribution in [0.1, 0.15) is 49.8 Å². The van der Waals surface area contributed by atoms with Crippen LogP contribution in [-0.4, -0.2) is 39.9 Å². The molecule has 21 heavy (non-hydrogen) atoms. The van der Waals surface area contributed by atoms with Crippen molar-refractivity contribution >= 4 is 5.91 Å². The van der Waals surface area contributed by atoms with Gasteiger partial charge in [-0.1, -0.05) is 6.42 Å². The Morgan fingerprint density at radius 3 is 2.71 bits per heavy atom. The first kappa shape index (κ1) is 15.9. The Balaban J connectivity index is 1.96. The number of nitrogens with one attached hydrogen (secondary N) is 1. The van der Waals surface area contributed by atoms with Crippen LogP contribution in [-0.2, 0) is 11.3 Å². The Morgan fingerprint density at radius 1 is 1.33 bits per heavy atom. The summed E-state index contributed by atoms with van der Waals surface area (Å²) in [5, 5.41) is 2.90. The van der Waals surface area contributed by atoms with Gasteiger partial charge in [-0.05, 0) is 45.7 Å². The Morgan fingerprint density at radius 2 is 2.05 bits per heavy atom. The molecule has 2 rings (SSSR count). The first-order chi connectivity index (χ1) is 10.0. The number of nitrogens with zero attached hydrogens (tertiary/aromatic N) is 3. The fraction of sp³-hybridized carbons (Fsp3) is 0.688. The Labute approximate surface area is 127 Å². The number of aromatic nitrogens is 2. The predicted octanol–water partition coefficient (Wildman–Crippen LogP) is 1.97. The van der Waals surface area contributed by atoms with Gasteiger partial charge in [-0.15, -0.1) is 0 Å². The van der Waals surface area contributed by atoms with E-state index in [2.05, 4.69) is 20.2 Å². The highest BCUT2D eigenvalue weighted by Gasteiger charge is 2.23. The predicted molar refractivity (Wildman–Crippen MR) is 82.9 cm³/mol. The Hall–Kier alpha value is -1.49. The van der Waals surface area contributed by atoms with E-state index < -0.39 is 0 Å². The fourth-order valence-corrected chi connectivity index (χ4v) is 3.06. The molecule has 1 aromatic heterocycles. The quantitative estimate of drug-likeness (QED) is 0.901. The van der Waals surface area contributed by atoms with Gasteiger partial charge < -0.3 is 5.32 Å². The maximum absolute atomic E-state index is 11.0. The van der Waals surface area contributed by atoms with E-state index in [1.165, 1.54) is 19.3 Å². The molecule has 1 aliphatic rings. The summed E-state index contributed by atoms with van der Waals surface area (Å²) in [7, 11) is 0. The first-order valence-electron chi connectivity index (χ1n) is 7.84. The van der Waals surface area contributed by atoms with Crippen LogP contribution in [0.3, 0.4) is 0 Å². The molecule has 1 atom stereocenters. The molecule has 1 aliphatic heterocycles. The summed E-state index contributed by atoms with van der Waals surface area (Å²) in [6.45, 7) is 8.27. The van der Waals surface area contributed by atoms with Crippen LogP contribution in [0.4, 0.5) is 0 Å². The number of hydrogen-bond donors (Lipinski definition) is 1. The van der Waals surface area contributed by atoms with Crippen molar-refractivity contribution in [3.05, 3.63) is 23.3 Å². The fourth-order valence-electron chi connectivity index (χ4n) is 3.06. The molecular formula is C16H26N4O. The Bertz CT molecular complexity index is 469. The topological polar surface area (TPSA) is 58.1 Å². The van der Waals surface area contributed by atoms with Gasteiger partial charge >= 0.3 is 0 Å². The molecule has 116 valence electrons. The first-order valence-corrected chi connectivity index (χ1v) is 7.84. The van der Waals surface area contributed by atoms with Gasteiger partial charge in [-0.25, -0.2) is 9.97 Å². The number of carbonyl (C=O) groups is 1. The smallest absolute Gasteiger partial charge is 0.216 e. The van der Waals surface area contributed by atoms with E-state index >= 15 is 0 Å². The van der Waals surface area contributed by atoms with E-state index in [9.17, 15) is 4.79 Å². The highest BCUT2D eigenvalue weighted by Crippen LogP contribution is 2.21. The van der Waals surface area contributed by atoms with Crippen molar-refractivity contribution in [3.63, 3.8) is 0 Å². The summed E-state index contributed by atoms with van der Waals surface area (Å²) in [5.74, 6) is 0.967. The van der Waals surface area contributed by atoms with Gasteiger partial charge in [0.05, 0.1) is 6.54 Å². The van der Waals surface area contributed by atoms with E-state index in [-0.39, 0.29) is 5.91 Å². The summed E-state index contributed by atoms with van der Waals surface area (Å²) < 4.78 is 0. The number of piperidine rings is 1. The van der Waals surface area contributed by atoms with Gasteiger partial charge in [0.25, 0.3) is 0 Å². The Kier molecular flexibility index (Phi) is 5.67. The molecule has 5 nitrogen and oxygen atoms in total. The number of likely N-dealkylation sites (tertiary alicyclic amines) is 1. The zero-order chi connectivity index (χ0) is 15.2. The molecule has 0 aliphatic carbocycles. The third-order valence-corrected chi connectivity index (χ3v) is 3.97. The van der Waals surface area contributed by atoms with Crippen molar-refractivity contribution in [2.24, 2.45) is 0 Å². The number of hydrogen-bond acceptors (Lipinski definition) is 4. The molecule has 0 radical (unpaired) electrons. The average molecular weight is 290 g/mol. The largest absolute Gasteiger partial charge is 0.356 e. The van der Waals surface area contributed by atoms with Crippen molar-refractivity contribution in [2.45, 2.75) is 59.0 Å². The summed E-state index contributed by atoms with van der Waals surface area (Å²) in [5.41, 5.74) is 2.06. The molecule has 5 heteroatoms. The maximum atomic E-state index is 11.0. The van der Waals surface area contributed by atoms with Crippen LogP contribution < -0.4 is 5.32 Å². The molecule has 1 aromatic rings. The monoisotopic (exact) mass is 290 g/mol. The van der Waals surface area contributed by atoms with Gasteiger partial charge in [-0.3, -0.25) is 9.69 Å². The molecule has 1 unspecified atom stereocenters. The van der Waals surface area contributed by atoms with E-state index in [1.54, 1.807) is 6.92 Å². The van der Waals surface area contributed by atoms with Crippen LogP contribution in [0.15, 0.2) is 6.07 Å². The molecule has 0 spiro atoms. The second-order valence-corrected chi connectivity index (χ2v) is 5.96. The van der Waals surface area contributed by atoms with E-state index in [0.717, 1.165) is 43.3 Å². The third kappa shape index (κ3) is 5.08. The number of aryl methyl sites for hydroxylation is 2. The van der Waals surface area contributed by atoms with Gasteiger partial charge in [0.2, 0.25) is 5.91 Å². The maximum Gasteiger partial charge on any atom is 0.216 e. The summed E-state index contributed by atoms with van der Waals surface area (Å²) in [6, 6.07) is 2.53. The molecule has 1 saturated heterocycles. The van der Waals surface area contributed by atoms with Crippen molar-refractivity contribution in [3.8, 4) is 0 Å². The van der Waals surface area contributed by atoms with Gasteiger partial charge in [0, 0.05) is 30.9 Å². The lowest BCUT2D eigenvalue weighted by atomic mass is 9.99. The number of carbonyl (C=O) groups excluding carboxylic acids is 1. The van der Waals surface area contributed by atoms with Crippen LogP contribution in [0.25, 0.3) is 0 Å². The molecule has 2 heterocycles. The van der Waals surface area contributed by atoms with Crippen LogP contribution in [0, 0.1) is 13.8 Å². The minimum atomic E-state index is 0.0509. The van der Waals surface area contributed by atoms with E-state index in [0.29, 0.717) is 6.04 Å². The van der Waals surface area contributed by atoms with Crippen LogP contribution in [0.5, 0.6) is 0 Å². The van der Waals surface area contributed by atoms with E-state index in [1.807, 2.05) is 19.9 Å². The molecule has 0 saturated carbocycles. The average Bonchev–Trinajstić information content (AvgIpc) is 2.39. The van der Waals surface area contributed by atoms with Crippen LogP contribution in [0.2, 0.25) is 0 Å². The van der Waals surface area contributed by atoms with Crippen molar-refractivity contribution in [1.82, 2.24) is 20.2 Å². The lowest BCUT2D eigenvalue weighted by Crippen LogP contribution is -2.41. The highest BCUT2D eigenvalue weighted by atomic mass is 16.1. The standard InChI is InChI=1S/C16H26N4O/c1-12-10-13(2)19-16(18-12)11-20-9-5-4-6-15(20)7-8-17-14(3)21/h10,15H,4-9,11H2,1-3H3,(H,17,21). The lowest BCUT2D eigenvalue weighted by Gasteiger charge is -2.35. The molecular weight excluding hydrogens is 264 g/mol. The minimum Gasteiger partial charge on any atom is -0.356 e. The van der Waals surface area contributed by atoms with Crippen molar-refractivity contribution in [2.75, 3.05) is 13.1 Å². The molecule has 1 N–H and O–H groups in total. The third-order valence-electron chi connectivity index (χ3n) is 3.97. The van der Waals surface area contributed by atoms with E-state index in [4.69, 9.17) is 0 Å². The minimum absolute atomic E-state index is 0.0509. The van der Waals surface area contributed by atoms with Gasteiger partial charge in [0.1, 0.15) is 5.82 Å². The molecule has 1 amide bonds. The normalized spacial score (nSPS) is 19.5. The number of amides is 1. The second-order valence-electron chi connectivity index (χ2n) is 5.96. The zero-order valence-corrected chi connectivity index (χ0v) is 13.4. The van der Waals surface area contributed by atoms with Crippen molar-refractivity contribution < 1.29 is 4.79 Å². The molecule has 0 aromatic carbocycles. The van der Waals surface area contributed by atoms with Crippen molar-refractivity contribution in [1.29, 1.82) is 0 Å². The SMILES string of the molecule is CC(=O)NCCC1CCCCN1Cc1nc(C)cc(C)n1. The lowest BCUT2D eigenvalue weighted by molar-refractivity contribution is -0.119. The summed E-state index contributed by atoms with van der Waals surface area (Å²) in [6.07, 6.45) is 4.71. The molecule has 0 bridgehead atoms. The van der Waals surface area contributed by atoms with Gasteiger partial charge in [0.15, 0.2) is 0 Å². The summed E-state index contributed by atoms with van der Waals surface area (Å²) >= 11 is 0. The van der Waals surface area contributed by atoms with Gasteiger partial charge in [-0.2, -0.15) is 0 Å². The summed E-state index contributed by atoms with van der Waals surface area (Å²) in [4.78, 5) is 22.6. The highest BCUT2D eigenvalue weighted by molar-refractivity contribution is 5.72. The number of rotatable bonds is 5. The zero-order valence-electron chi connectivity index (χ0n) is 13.4. The second kappa shape index (κ2) is 7.50. The molecule has 1 fully saturated rings.